The highest BCUT2D eigenvalue weighted by atomic mass is 16.5. The van der Waals surface area contributed by atoms with Gasteiger partial charge in [0.15, 0.2) is 0 Å². The molecule has 0 aliphatic carbocycles. The first-order valence-corrected chi connectivity index (χ1v) is 8.84. The number of benzene rings is 1. The number of aliphatic carboxylic acids is 1. The second-order valence-corrected chi connectivity index (χ2v) is 6.54. The monoisotopic (exact) mass is 380 g/mol. The van der Waals surface area contributed by atoms with Crippen LogP contribution in [-0.4, -0.2) is 48.9 Å². The molecule has 0 fully saturated rings. The Balaban J connectivity index is 2.48. The predicted octanol–water partition coefficient (Wildman–Crippen LogP) is 1.93. The number of hydrogen-bond acceptors (Lipinski definition) is 6. The van der Waals surface area contributed by atoms with E-state index in [1.165, 1.54) is 7.11 Å². The van der Waals surface area contributed by atoms with E-state index in [4.69, 9.17) is 9.47 Å². The van der Waals surface area contributed by atoms with Gasteiger partial charge >= 0.3 is 18.0 Å². The summed E-state index contributed by atoms with van der Waals surface area (Å²) in [5.74, 6) is -1.47. The van der Waals surface area contributed by atoms with E-state index in [1.807, 2.05) is 44.2 Å². The van der Waals surface area contributed by atoms with Crippen LogP contribution in [0.15, 0.2) is 30.3 Å². The molecule has 150 valence electrons. The number of amides is 1. The lowest BCUT2D eigenvalue weighted by Gasteiger charge is -2.22. The number of hydrogen-bond donors (Lipinski definition) is 3. The number of nitrogens with one attached hydrogen (secondary N) is 2. The standard InChI is InChI=1S/C19H28N2O6/c1-13(2)11-16(17(22)23)21-15(18(24)26-3)9-10-20-19(25)27-12-14-7-5-4-6-8-14/h4-8,13,15-16,21H,9-12H2,1-3H3,(H,20,25)(H,22,23)/t15-,16+/m1/s1. The van der Waals surface area contributed by atoms with Crippen molar-refractivity contribution in [2.24, 2.45) is 5.92 Å². The van der Waals surface area contributed by atoms with Crippen molar-refractivity contribution in [3.8, 4) is 0 Å². The Labute approximate surface area is 159 Å². The zero-order chi connectivity index (χ0) is 20.2. The van der Waals surface area contributed by atoms with Gasteiger partial charge in [0.05, 0.1) is 7.11 Å². The van der Waals surface area contributed by atoms with Crippen LogP contribution in [0, 0.1) is 5.92 Å². The molecule has 0 unspecified atom stereocenters. The van der Waals surface area contributed by atoms with Gasteiger partial charge < -0.3 is 19.9 Å². The highest BCUT2D eigenvalue weighted by Gasteiger charge is 2.27. The van der Waals surface area contributed by atoms with Crippen LogP contribution in [0.2, 0.25) is 0 Å². The summed E-state index contributed by atoms with van der Waals surface area (Å²) >= 11 is 0. The molecule has 1 amide bonds. The molecule has 1 aromatic carbocycles. The molecule has 2 atom stereocenters. The quantitative estimate of drug-likeness (QED) is 0.503. The van der Waals surface area contributed by atoms with E-state index in [9.17, 15) is 19.5 Å². The summed E-state index contributed by atoms with van der Waals surface area (Å²) in [6.07, 6.45) is -0.0656. The van der Waals surface area contributed by atoms with E-state index in [0.29, 0.717) is 6.42 Å². The molecule has 0 aliphatic rings. The molecular formula is C19H28N2O6. The maximum atomic E-state index is 11.9. The van der Waals surface area contributed by atoms with Crippen LogP contribution in [-0.2, 0) is 25.7 Å². The van der Waals surface area contributed by atoms with Gasteiger partial charge in [-0.05, 0) is 24.3 Å². The fraction of sp³-hybridized carbons (Fsp3) is 0.526. The van der Waals surface area contributed by atoms with Crippen LogP contribution in [0.3, 0.4) is 0 Å². The normalized spacial score (nSPS) is 12.9. The molecule has 0 saturated heterocycles. The third kappa shape index (κ3) is 9.05. The number of esters is 1. The minimum Gasteiger partial charge on any atom is -0.480 e. The molecule has 0 aromatic heterocycles. The molecule has 0 aliphatic heterocycles. The van der Waals surface area contributed by atoms with Gasteiger partial charge in [0, 0.05) is 6.54 Å². The number of alkyl carbamates (subject to hydrolysis) is 1. The van der Waals surface area contributed by atoms with E-state index in [0.717, 1.165) is 5.56 Å². The van der Waals surface area contributed by atoms with E-state index >= 15 is 0 Å². The maximum absolute atomic E-state index is 11.9. The Kier molecular flexibility index (Phi) is 9.89. The Bertz CT molecular complexity index is 605. The van der Waals surface area contributed by atoms with Gasteiger partial charge in [0.2, 0.25) is 0 Å². The summed E-state index contributed by atoms with van der Waals surface area (Å²) < 4.78 is 9.81. The van der Waals surface area contributed by atoms with Gasteiger partial charge in [0.25, 0.3) is 0 Å². The fourth-order valence-corrected chi connectivity index (χ4v) is 2.46. The fourth-order valence-electron chi connectivity index (χ4n) is 2.46. The number of rotatable bonds is 11. The van der Waals surface area contributed by atoms with Crippen LogP contribution in [0.25, 0.3) is 0 Å². The second-order valence-electron chi connectivity index (χ2n) is 6.54. The summed E-state index contributed by atoms with van der Waals surface area (Å²) in [6.45, 7) is 4.07. The smallest absolute Gasteiger partial charge is 0.407 e. The third-order valence-corrected chi connectivity index (χ3v) is 3.81. The van der Waals surface area contributed by atoms with E-state index in [2.05, 4.69) is 10.6 Å². The zero-order valence-corrected chi connectivity index (χ0v) is 15.9. The van der Waals surface area contributed by atoms with Crippen molar-refractivity contribution in [1.82, 2.24) is 10.6 Å². The first-order chi connectivity index (χ1) is 12.8. The number of carbonyl (C=O) groups is 3. The largest absolute Gasteiger partial charge is 0.480 e. The predicted molar refractivity (Wildman–Crippen MR) is 99.1 cm³/mol. The van der Waals surface area contributed by atoms with Crippen molar-refractivity contribution in [1.29, 1.82) is 0 Å². The number of ether oxygens (including phenoxy) is 2. The molecule has 0 bridgehead atoms. The summed E-state index contributed by atoms with van der Waals surface area (Å²) in [7, 11) is 1.23. The lowest BCUT2D eigenvalue weighted by atomic mass is 10.0. The number of carboxylic acids is 1. The Morgan fingerprint density at radius 2 is 1.78 bits per heavy atom. The zero-order valence-electron chi connectivity index (χ0n) is 15.9. The van der Waals surface area contributed by atoms with Crippen LogP contribution < -0.4 is 10.6 Å². The average Bonchev–Trinajstić information content (AvgIpc) is 2.64. The molecule has 0 spiro atoms. The summed E-state index contributed by atoms with van der Waals surface area (Å²) in [4.78, 5) is 35.0. The highest BCUT2D eigenvalue weighted by molar-refractivity contribution is 5.78. The van der Waals surface area contributed by atoms with Crippen molar-refractivity contribution in [2.45, 2.75) is 45.4 Å². The van der Waals surface area contributed by atoms with Gasteiger partial charge in [-0.2, -0.15) is 0 Å². The minimum atomic E-state index is -1.03. The topological polar surface area (TPSA) is 114 Å². The second kappa shape index (κ2) is 11.9. The molecular weight excluding hydrogens is 352 g/mol. The first-order valence-electron chi connectivity index (χ1n) is 8.84. The van der Waals surface area contributed by atoms with Gasteiger partial charge in [0.1, 0.15) is 18.7 Å². The molecule has 8 nitrogen and oxygen atoms in total. The minimum absolute atomic E-state index is 0.133. The summed E-state index contributed by atoms with van der Waals surface area (Å²) in [5.41, 5.74) is 0.861. The van der Waals surface area contributed by atoms with Crippen LogP contribution in [0.5, 0.6) is 0 Å². The first kappa shape index (κ1) is 22.4. The maximum Gasteiger partial charge on any atom is 0.407 e. The van der Waals surface area contributed by atoms with E-state index < -0.39 is 30.1 Å². The van der Waals surface area contributed by atoms with Crippen molar-refractivity contribution in [3.05, 3.63) is 35.9 Å². The molecule has 3 N–H and O–H groups in total. The molecule has 27 heavy (non-hydrogen) atoms. The van der Waals surface area contributed by atoms with E-state index in [-0.39, 0.29) is 25.5 Å². The Hall–Kier alpha value is -2.61. The van der Waals surface area contributed by atoms with Crippen molar-refractivity contribution < 1.29 is 29.0 Å². The van der Waals surface area contributed by atoms with Crippen molar-refractivity contribution in [3.63, 3.8) is 0 Å². The highest BCUT2D eigenvalue weighted by Crippen LogP contribution is 2.08. The number of methoxy groups -OCH3 is 1. The van der Waals surface area contributed by atoms with Gasteiger partial charge in [-0.1, -0.05) is 44.2 Å². The molecule has 1 rings (SSSR count). The molecule has 0 saturated carbocycles. The summed E-state index contributed by atoms with van der Waals surface area (Å²) in [5, 5.41) is 14.7. The number of carbonyl (C=O) groups excluding carboxylic acids is 2. The van der Waals surface area contributed by atoms with Crippen LogP contribution in [0.1, 0.15) is 32.3 Å². The van der Waals surface area contributed by atoms with Gasteiger partial charge in [-0.3, -0.25) is 14.9 Å². The number of carboxylic acid groups (broad SMARTS) is 1. The molecule has 0 radical (unpaired) electrons. The van der Waals surface area contributed by atoms with Crippen LogP contribution >= 0.6 is 0 Å². The van der Waals surface area contributed by atoms with E-state index in [1.54, 1.807) is 0 Å². The molecule has 8 heteroatoms. The lowest BCUT2D eigenvalue weighted by molar-refractivity contribution is -0.145. The van der Waals surface area contributed by atoms with Gasteiger partial charge in [-0.25, -0.2) is 4.79 Å². The SMILES string of the molecule is COC(=O)[C@@H](CCNC(=O)OCc1ccccc1)N[C@@H](CC(C)C)C(=O)O. The average molecular weight is 380 g/mol. The Morgan fingerprint density at radius 3 is 2.33 bits per heavy atom. The van der Waals surface area contributed by atoms with Crippen molar-refractivity contribution in [2.75, 3.05) is 13.7 Å². The summed E-state index contributed by atoms with van der Waals surface area (Å²) in [6, 6.07) is 7.52. The molecule has 0 heterocycles. The Morgan fingerprint density at radius 1 is 1.11 bits per heavy atom. The molecule has 1 aromatic rings. The lowest BCUT2D eigenvalue weighted by Crippen LogP contribution is -2.49. The van der Waals surface area contributed by atoms with Gasteiger partial charge in [-0.15, -0.1) is 0 Å². The third-order valence-electron chi connectivity index (χ3n) is 3.81. The van der Waals surface area contributed by atoms with Crippen molar-refractivity contribution >= 4 is 18.0 Å². The van der Waals surface area contributed by atoms with Crippen LogP contribution in [0.4, 0.5) is 4.79 Å².